The zero-order valence-electron chi connectivity index (χ0n) is 14.3. The molecule has 1 saturated carbocycles. The highest BCUT2D eigenvalue weighted by Crippen LogP contribution is 2.42. The van der Waals surface area contributed by atoms with Crippen LogP contribution in [0.25, 0.3) is 0 Å². The summed E-state index contributed by atoms with van der Waals surface area (Å²) in [5.41, 5.74) is 1.69. The van der Waals surface area contributed by atoms with E-state index in [0.717, 1.165) is 37.3 Å². The number of aromatic hydroxyl groups is 1. The van der Waals surface area contributed by atoms with Gasteiger partial charge in [-0.15, -0.1) is 24.8 Å². The molecule has 1 atom stereocenters. The van der Waals surface area contributed by atoms with Crippen molar-refractivity contribution in [3.05, 3.63) is 29.1 Å². The molecule has 0 unspecified atom stereocenters. The topological polar surface area (TPSA) is 35.5 Å². The van der Waals surface area contributed by atoms with E-state index in [9.17, 15) is 9.50 Å². The lowest BCUT2D eigenvalue weighted by molar-refractivity contribution is 0.101. The minimum absolute atomic E-state index is 0. The fraction of sp³-hybridized carbons (Fsp3) is 0.667. The Morgan fingerprint density at radius 2 is 1.75 bits per heavy atom. The fourth-order valence-corrected chi connectivity index (χ4v) is 4.15. The summed E-state index contributed by atoms with van der Waals surface area (Å²) >= 11 is 0. The minimum atomic E-state index is -0.481. The molecular weight excluding hydrogens is 350 g/mol. The Hall–Kier alpha value is -0.550. The molecule has 138 valence electrons. The van der Waals surface area contributed by atoms with Gasteiger partial charge in [0.05, 0.1) is 0 Å². The second-order valence-electron chi connectivity index (χ2n) is 6.81. The molecule has 0 radical (unpaired) electrons. The average Bonchev–Trinajstić information content (AvgIpc) is 2.54. The predicted molar refractivity (Wildman–Crippen MR) is 101 cm³/mol. The van der Waals surface area contributed by atoms with E-state index in [1.165, 1.54) is 38.2 Å². The van der Waals surface area contributed by atoms with Crippen molar-refractivity contribution in [1.29, 1.82) is 0 Å². The number of nitrogens with one attached hydrogen (secondary N) is 1. The monoisotopic (exact) mass is 378 g/mol. The maximum absolute atomic E-state index is 14.1. The molecule has 24 heavy (non-hydrogen) atoms. The molecule has 6 heteroatoms. The van der Waals surface area contributed by atoms with Crippen molar-refractivity contribution in [2.45, 2.75) is 45.1 Å². The first-order chi connectivity index (χ1) is 10.7. The van der Waals surface area contributed by atoms with E-state index in [0.29, 0.717) is 5.92 Å². The van der Waals surface area contributed by atoms with Gasteiger partial charge < -0.3 is 10.4 Å². The summed E-state index contributed by atoms with van der Waals surface area (Å²) < 4.78 is 14.1. The zero-order chi connectivity index (χ0) is 15.5. The van der Waals surface area contributed by atoms with E-state index < -0.39 is 5.82 Å². The Morgan fingerprint density at radius 3 is 2.38 bits per heavy atom. The molecular formula is C18H29Cl2FN2O. The van der Waals surface area contributed by atoms with Gasteiger partial charge in [0.2, 0.25) is 0 Å². The molecule has 1 aliphatic carbocycles. The standard InChI is InChI=1S/C18H27FN2O.2ClH/c1-13-11-15(18(22)16(19)12-13)17(14-5-3-2-4-6-14)21-9-7-20-8-10-21;;/h11-12,14,17,20,22H,2-10H2,1H3;2*1H/t17-;;/m0../s1. The molecule has 1 aromatic carbocycles. The maximum atomic E-state index is 14.1. The molecule has 2 aliphatic rings. The van der Waals surface area contributed by atoms with Crippen molar-refractivity contribution in [2.24, 2.45) is 5.92 Å². The largest absolute Gasteiger partial charge is 0.505 e. The van der Waals surface area contributed by atoms with Crippen LogP contribution in [-0.4, -0.2) is 36.2 Å². The number of hydrogen-bond donors (Lipinski definition) is 2. The second kappa shape index (κ2) is 9.81. The fourth-order valence-electron chi connectivity index (χ4n) is 4.15. The van der Waals surface area contributed by atoms with Crippen LogP contribution in [0.3, 0.4) is 0 Å². The second-order valence-corrected chi connectivity index (χ2v) is 6.81. The highest BCUT2D eigenvalue weighted by Gasteiger charge is 2.33. The van der Waals surface area contributed by atoms with Crippen LogP contribution < -0.4 is 5.32 Å². The normalized spacial score (nSPS) is 20.8. The Labute approximate surface area is 156 Å². The van der Waals surface area contributed by atoms with Gasteiger partial charge >= 0.3 is 0 Å². The number of benzene rings is 1. The molecule has 3 rings (SSSR count). The molecule has 2 N–H and O–H groups in total. The number of piperazine rings is 1. The van der Waals surface area contributed by atoms with Crippen LogP contribution in [0.2, 0.25) is 0 Å². The number of halogens is 3. The van der Waals surface area contributed by atoms with Crippen molar-refractivity contribution in [3.8, 4) is 5.75 Å². The van der Waals surface area contributed by atoms with Gasteiger partial charge in [-0.05, 0) is 37.3 Å². The molecule has 0 aromatic heterocycles. The molecule has 1 saturated heterocycles. The van der Waals surface area contributed by atoms with Crippen LogP contribution in [0, 0.1) is 18.7 Å². The van der Waals surface area contributed by atoms with E-state index in [4.69, 9.17) is 0 Å². The Morgan fingerprint density at radius 1 is 1.12 bits per heavy atom. The van der Waals surface area contributed by atoms with Gasteiger partial charge in [-0.25, -0.2) is 4.39 Å². The van der Waals surface area contributed by atoms with Gasteiger partial charge in [-0.3, -0.25) is 4.90 Å². The third kappa shape index (κ3) is 4.75. The summed E-state index contributed by atoms with van der Waals surface area (Å²) in [5, 5.41) is 13.7. The van der Waals surface area contributed by atoms with Gasteiger partial charge in [-0.1, -0.05) is 25.3 Å². The summed E-state index contributed by atoms with van der Waals surface area (Å²) in [5.74, 6) is -0.0930. The minimum Gasteiger partial charge on any atom is -0.505 e. The van der Waals surface area contributed by atoms with Crippen LogP contribution in [0.4, 0.5) is 4.39 Å². The van der Waals surface area contributed by atoms with Gasteiger partial charge in [0, 0.05) is 37.8 Å². The Kier molecular flexibility index (Phi) is 8.78. The van der Waals surface area contributed by atoms with Crippen molar-refractivity contribution in [2.75, 3.05) is 26.2 Å². The molecule has 1 aromatic rings. The van der Waals surface area contributed by atoms with Crippen molar-refractivity contribution >= 4 is 24.8 Å². The molecule has 0 bridgehead atoms. The van der Waals surface area contributed by atoms with Gasteiger partial charge in [-0.2, -0.15) is 0 Å². The molecule has 2 fully saturated rings. The number of hydrogen-bond acceptors (Lipinski definition) is 3. The maximum Gasteiger partial charge on any atom is 0.165 e. The van der Waals surface area contributed by atoms with Crippen LogP contribution in [0.5, 0.6) is 5.75 Å². The third-order valence-electron chi connectivity index (χ3n) is 5.20. The molecule has 1 heterocycles. The van der Waals surface area contributed by atoms with E-state index in [2.05, 4.69) is 10.2 Å². The van der Waals surface area contributed by atoms with E-state index >= 15 is 0 Å². The quantitative estimate of drug-likeness (QED) is 0.826. The molecule has 0 amide bonds. The Balaban J connectivity index is 0.00000144. The SMILES string of the molecule is Cc1cc(F)c(O)c([C@H](C2CCCCC2)N2CCNCC2)c1.Cl.Cl. The number of rotatable bonds is 3. The first-order valence-corrected chi connectivity index (χ1v) is 8.60. The van der Waals surface area contributed by atoms with Crippen molar-refractivity contribution in [1.82, 2.24) is 10.2 Å². The first-order valence-electron chi connectivity index (χ1n) is 8.60. The van der Waals surface area contributed by atoms with Gasteiger partial charge in [0.1, 0.15) is 0 Å². The average molecular weight is 379 g/mol. The number of aryl methyl sites for hydroxylation is 1. The smallest absolute Gasteiger partial charge is 0.165 e. The molecule has 1 aliphatic heterocycles. The van der Waals surface area contributed by atoms with Crippen molar-refractivity contribution in [3.63, 3.8) is 0 Å². The van der Waals surface area contributed by atoms with Crippen LogP contribution >= 0.6 is 24.8 Å². The lowest BCUT2D eigenvalue weighted by Gasteiger charge is -2.41. The van der Waals surface area contributed by atoms with Crippen LogP contribution in [0.1, 0.15) is 49.3 Å². The lowest BCUT2D eigenvalue weighted by Crippen LogP contribution is -2.47. The number of phenolic OH excluding ortho intramolecular Hbond substituents is 1. The number of phenols is 1. The summed E-state index contributed by atoms with van der Waals surface area (Å²) in [4.78, 5) is 2.44. The highest BCUT2D eigenvalue weighted by molar-refractivity contribution is 5.85. The summed E-state index contributed by atoms with van der Waals surface area (Å²) in [6.45, 7) is 5.78. The summed E-state index contributed by atoms with van der Waals surface area (Å²) in [6, 6.07) is 3.56. The highest BCUT2D eigenvalue weighted by atomic mass is 35.5. The zero-order valence-corrected chi connectivity index (χ0v) is 15.9. The van der Waals surface area contributed by atoms with Crippen LogP contribution in [0.15, 0.2) is 12.1 Å². The third-order valence-corrected chi connectivity index (χ3v) is 5.20. The first kappa shape index (κ1) is 21.5. The van der Waals surface area contributed by atoms with E-state index in [1.54, 1.807) is 0 Å². The Bertz CT molecular complexity index is 500. The summed E-state index contributed by atoms with van der Waals surface area (Å²) in [6.07, 6.45) is 6.18. The predicted octanol–water partition coefficient (Wildman–Crippen LogP) is 4.21. The van der Waals surface area contributed by atoms with E-state index in [1.807, 2.05) is 13.0 Å². The summed E-state index contributed by atoms with van der Waals surface area (Å²) in [7, 11) is 0. The molecule has 3 nitrogen and oxygen atoms in total. The van der Waals surface area contributed by atoms with Crippen LogP contribution in [-0.2, 0) is 0 Å². The van der Waals surface area contributed by atoms with Crippen molar-refractivity contribution < 1.29 is 9.50 Å². The van der Waals surface area contributed by atoms with E-state index in [-0.39, 0.29) is 36.6 Å². The van der Waals surface area contributed by atoms with Gasteiger partial charge in [0.25, 0.3) is 0 Å². The lowest BCUT2D eigenvalue weighted by atomic mass is 9.79. The molecule has 0 spiro atoms. The number of nitrogens with zero attached hydrogens (tertiary/aromatic N) is 1. The van der Waals surface area contributed by atoms with Gasteiger partial charge in [0.15, 0.2) is 11.6 Å².